The standard InChI is InChI=1S/C21H22ClN3O3/c1-21(2,3)14-7-5-13(6-8-14)15(9-12-18-24-20(26)28-25-18)17-11-10-16(22)19(23-17)27-4/h5-11H,12H2,1-4H3,(H,24,25,26)/b15-9+. The summed E-state index contributed by atoms with van der Waals surface area (Å²) in [6.07, 6.45) is 2.32. The van der Waals surface area contributed by atoms with Gasteiger partial charge in [-0.1, -0.05) is 67.9 Å². The van der Waals surface area contributed by atoms with Crippen molar-refractivity contribution >= 4 is 17.2 Å². The summed E-state index contributed by atoms with van der Waals surface area (Å²) in [4.78, 5) is 18.2. The summed E-state index contributed by atoms with van der Waals surface area (Å²) in [6.45, 7) is 6.52. The first-order valence-electron chi connectivity index (χ1n) is 8.85. The number of hydrogen-bond donors (Lipinski definition) is 1. The van der Waals surface area contributed by atoms with Crippen molar-refractivity contribution in [2.75, 3.05) is 7.11 Å². The molecule has 0 fully saturated rings. The molecule has 1 N–H and O–H groups in total. The number of H-pyrrole nitrogens is 1. The van der Waals surface area contributed by atoms with Crippen molar-refractivity contribution in [3.05, 3.63) is 80.7 Å². The van der Waals surface area contributed by atoms with Crippen LogP contribution in [0.3, 0.4) is 0 Å². The lowest BCUT2D eigenvalue weighted by molar-refractivity contribution is 0.382. The Morgan fingerprint density at radius 2 is 1.93 bits per heavy atom. The number of aromatic nitrogens is 3. The Labute approximate surface area is 168 Å². The lowest BCUT2D eigenvalue weighted by Gasteiger charge is -2.19. The fourth-order valence-electron chi connectivity index (χ4n) is 2.78. The van der Waals surface area contributed by atoms with Crippen LogP contribution in [0.4, 0.5) is 0 Å². The second-order valence-corrected chi connectivity index (χ2v) is 7.79. The van der Waals surface area contributed by atoms with Gasteiger partial charge in [0.25, 0.3) is 0 Å². The number of rotatable bonds is 5. The van der Waals surface area contributed by atoms with E-state index in [1.54, 1.807) is 6.07 Å². The molecule has 2 heterocycles. The maximum atomic E-state index is 11.2. The van der Waals surface area contributed by atoms with Crippen LogP contribution in [-0.2, 0) is 11.8 Å². The van der Waals surface area contributed by atoms with E-state index in [1.807, 2.05) is 12.1 Å². The molecule has 0 unspecified atom stereocenters. The molecular weight excluding hydrogens is 378 g/mol. The van der Waals surface area contributed by atoms with Crippen LogP contribution in [0.5, 0.6) is 5.88 Å². The monoisotopic (exact) mass is 399 g/mol. The van der Waals surface area contributed by atoms with E-state index in [2.05, 4.69) is 64.7 Å². The average molecular weight is 400 g/mol. The number of ether oxygens (including phenoxy) is 1. The number of hydrogen-bond acceptors (Lipinski definition) is 5. The molecule has 2 aromatic heterocycles. The molecule has 0 aliphatic carbocycles. The number of methoxy groups -OCH3 is 1. The highest BCUT2D eigenvalue weighted by Crippen LogP contribution is 2.30. The van der Waals surface area contributed by atoms with Crippen LogP contribution in [0.15, 0.2) is 51.8 Å². The third kappa shape index (κ3) is 4.51. The van der Waals surface area contributed by atoms with E-state index in [0.29, 0.717) is 28.8 Å². The van der Waals surface area contributed by atoms with Gasteiger partial charge in [-0.3, -0.25) is 9.51 Å². The minimum Gasteiger partial charge on any atom is -0.480 e. The molecular formula is C21H22ClN3O3. The van der Waals surface area contributed by atoms with E-state index in [1.165, 1.54) is 12.7 Å². The molecule has 3 aromatic rings. The highest BCUT2D eigenvalue weighted by Gasteiger charge is 2.15. The summed E-state index contributed by atoms with van der Waals surface area (Å²) < 4.78 is 9.83. The van der Waals surface area contributed by atoms with Crippen LogP contribution < -0.4 is 10.5 Å². The van der Waals surface area contributed by atoms with E-state index in [-0.39, 0.29) is 5.41 Å². The van der Waals surface area contributed by atoms with Gasteiger partial charge in [0.1, 0.15) is 5.02 Å². The van der Waals surface area contributed by atoms with E-state index in [9.17, 15) is 4.79 Å². The minimum absolute atomic E-state index is 0.0599. The highest BCUT2D eigenvalue weighted by atomic mass is 35.5. The predicted molar refractivity (Wildman–Crippen MR) is 109 cm³/mol. The fourth-order valence-corrected chi connectivity index (χ4v) is 2.97. The van der Waals surface area contributed by atoms with Crippen molar-refractivity contribution in [2.24, 2.45) is 0 Å². The lowest BCUT2D eigenvalue weighted by Crippen LogP contribution is -2.10. The molecule has 6 nitrogen and oxygen atoms in total. The number of nitrogens with zero attached hydrogens (tertiary/aromatic N) is 2. The molecule has 0 saturated carbocycles. The fraction of sp³-hybridized carbons (Fsp3) is 0.286. The van der Waals surface area contributed by atoms with Gasteiger partial charge in [-0.25, -0.2) is 9.78 Å². The SMILES string of the molecule is COc1nc(/C(=C/Cc2noc(=O)[nH]2)c2ccc(C(C)(C)C)cc2)ccc1Cl. The topological polar surface area (TPSA) is 81.0 Å². The first kappa shape index (κ1) is 19.9. The van der Waals surface area contributed by atoms with E-state index in [0.717, 1.165) is 11.1 Å². The lowest BCUT2D eigenvalue weighted by atomic mass is 9.86. The average Bonchev–Trinajstić information content (AvgIpc) is 3.08. The van der Waals surface area contributed by atoms with Crippen molar-refractivity contribution in [2.45, 2.75) is 32.6 Å². The molecule has 0 bridgehead atoms. The zero-order chi connectivity index (χ0) is 20.3. The number of aromatic amines is 1. The summed E-state index contributed by atoms with van der Waals surface area (Å²) in [5.41, 5.74) is 3.85. The van der Waals surface area contributed by atoms with E-state index >= 15 is 0 Å². The molecule has 146 valence electrons. The van der Waals surface area contributed by atoms with E-state index < -0.39 is 5.76 Å². The van der Waals surface area contributed by atoms with Gasteiger partial charge in [-0.05, 0) is 28.7 Å². The smallest absolute Gasteiger partial charge is 0.438 e. The maximum absolute atomic E-state index is 11.2. The van der Waals surface area contributed by atoms with Gasteiger partial charge in [0, 0.05) is 12.0 Å². The molecule has 0 aliphatic heterocycles. The Balaban J connectivity index is 2.04. The largest absolute Gasteiger partial charge is 0.480 e. The van der Waals surface area contributed by atoms with Crippen LogP contribution in [0.25, 0.3) is 5.57 Å². The zero-order valence-corrected chi connectivity index (χ0v) is 17.0. The Morgan fingerprint density at radius 3 is 2.50 bits per heavy atom. The van der Waals surface area contributed by atoms with Crippen LogP contribution in [0, 0.1) is 0 Å². The predicted octanol–water partition coefficient (Wildman–Crippen LogP) is 4.39. The number of pyridine rings is 1. The molecule has 3 rings (SSSR count). The molecule has 1 aromatic carbocycles. The normalized spacial score (nSPS) is 12.2. The highest BCUT2D eigenvalue weighted by molar-refractivity contribution is 6.31. The van der Waals surface area contributed by atoms with Gasteiger partial charge in [-0.2, -0.15) is 0 Å². The Morgan fingerprint density at radius 1 is 1.21 bits per heavy atom. The first-order chi connectivity index (χ1) is 13.3. The molecule has 0 atom stereocenters. The third-order valence-electron chi connectivity index (χ3n) is 4.33. The number of halogens is 1. The number of allylic oxidation sites excluding steroid dienone is 1. The van der Waals surface area contributed by atoms with Crippen LogP contribution in [-0.4, -0.2) is 22.2 Å². The van der Waals surface area contributed by atoms with Crippen molar-refractivity contribution in [1.82, 2.24) is 15.1 Å². The second kappa shape index (κ2) is 8.02. The maximum Gasteiger partial charge on any atom is 0.438 e. The van der Waals surface area contributed by atoms with Gasteiger partial charge in [0.05, 0.1) is 12.8 Å². The quantitative estimate of drug-likeness (QED) is 0.688. The van der Waals surface area contributed by atoms with Crippen molar-refractivity contribution in [1.29, 1.82) is 0 Å². The van der Waals surface area contributed by atoms with Crippen molar-refractivity contribution < 1.29 is 9.26 Å². The van der Waals surface area contributed by atoms with E-state index in [4.69, 9.17) is 16.3 Å². The van der Waals surface area contributed by atoms with Gasteiger partial charge < -0.3 is 4.74 Å². The summed E-state index contributed by atoms with van der Waals surface area (Å²) in [5, 5.41) is 4.15. The molecule has 28 heavy (non-hydrogen) atoms. The molecule has 0 aliphatic rings. The summed E-state index contributed by atoms with van der Waals surface area (Å²) in [6, 6.07) is 11.9. The zero-order valence-electron chi connectivity index (χ0n) is 16.2. The van der Waals surface area contributed by atoms with Gasteiger partial charge >= 0.3 is 5.76 Å². The van der Waals surface area contributed by atoms with Gasteiger partial charge in [0.2, 0.25) is 5.88 Å². The summed E-state index contributed by atoms with van der Waals surface area (Å²) >= 11 is 6.12. The van der Waals surface area contributed by atoms with Crippen LogP contribution >= 0.6 is 11.6 Å². The molecule has 0 radical (unpaired) electrons. The minimum atomic E-state index is -0.578. The molecule has 0 spiro atoms. The second-order valence-electron chi connectivity index (χ2n) is 7.38. The Bertz CT molecular complexity index is 1040. The van der Waals surface area contributed by atoms with Gasteiger partial charge in [0.15, 0.2) is 5.82 Å². The number of nitrogens with one attached hydrogen (secondary N) is 1. The summed E-state index contributed by atoms with van der Waals surface area (Å²) in [7, 11) is 1.53. The molecule has 0 saturated heterocycles. The van der Waals surface area contributed by atoms with Gasteiger partial charge in [-0.15, -0.1) is 0 Å². The molecule has 0 amide bonds. The Kier molecular flexibility index (Phi) is 5.70. The van der Waals surface area contributed by atoms with Crippen LogP contribution in [0.1, 0.15) is 43.4 Å². The third-order valence-corrected chi connectivity index (χ3v) is 4.62. The first-order valence-corrected chi connectivity index (χ1v) is 9.22. The van der Waals surface area contributed by atoms with Crippen LogP contribution in [0.2, 0.25) is 5.02 Å². The van der Waals surface area contributed by atoms with Crippen molar-refractivity contribution in [3.63, 3.8) is 0 Å². The van der Waals surface area contributed by atoms with Crippen molar-refractivity contribution in [3.8, 4) is 5.88 Å². The molecule has 7 heteroatoms. The Hall–Kier alpha value is -2.86. The summed E-state index contributed by atoms with van der Waals surface area (Å²) in [5.74, 6) is 0.215. The number of benzene rings is 1.